The van der Waals surface area contributed by atoms with Gasteiger partial charge in [0.1, 0.15) is 53.8 Å². The third kappa shape index (κ3) is 19.5. The summed E-state index contributed by atoms with van der Waals surface area (Å²) in [5, 5.41) is 51.1. The summed E-state index contributed by atoms with van der Waals surface area (Å²) in [6.07, 6.45) is 2.96. The number of guanidine groups is 1. The van der Waals surface area contributed by atoms with E-state index in [0.717, 1.165) is 16.5 Å². The number of H-pyrrole nitrogens is 1. The first-order valence-corrected chi connectivity index (χ1v) is 28.5. The molecule has 1 aliphatic heterocycles. The van der Waals surface area contributed by atoms with Gasteiger partial charge in [-0.1, -0.05) is 80.0 Å². The number of hydrogen-bond donors (Lipinski definition) is 13. The molecule has 0 saturated carbocycles. The predicted molar refractivity (Wildman–Crippen MR) is 317 cm³/mol. The van der Waals surface area contributed by atoms with Gasteiger partial charge in [0.25, 0.3) is 0 Å². The second-order valence-corrected chi connectivity index (χ2v) is 21.6. The number of aliphatic hydroxyl groups excluding tert-OH is 1. The first kappa shape index (κ1) is 64.5. The number of fused-ring (bicyclic) bond motifs is 1. The second kappa shape index (κ2) is 31.7. The summed E-state index contributed by atoms with van der Waals surface area (Å²) < 4.78 is 0. The van der Waals surface area contributed by atoms with E-state index in [1.807, 2.05) is 32.0 Å². The Morgan fingerprint density at radius 2 is 1.20 bits per heavy atom. The maximum Gasteiger partial charge on any atom is 0.245 e. The Balaban J connectivity index is 1.26. The topological polar surface area (TPSA) is 365 Å². The number of phenols is 2. The smallest absolute Gasteiger partial charge is 0.245 e. The van der Waals surface area contributed by atoms with E-state index in [-0.39, 0.29) is 87.3 Å². The van der Waals surface area contributed by atoms with Crippen molar-refractivity contribution in [3.63, 3.8) is 0 Å². The van der Waals surface area contributed by atoms with Crippen molar-refractivity contribution >= 4 is 75.7 Å². The fraction of sp³-hybridized carbons (Fsp3) is 0.417. The van der Waals surface area contributed by atoms with E-state index in [1.165, 1.54) is 41.3 Å². The second-order valence-electron chi connectivity index (χ2n) is 21.2. The monoisotopic (exact) mass is 1180 g/mol. The van der Waals surface area contributed by atoms with Gasteiger partial charge in [-0.05, 0) is 116 Å². The van der Waals surface area contributed by atoms with Crippen LogP contribution in [-0.4, -0.2) is 147 Å². The van der Waals surface area contributed by atoms with Crippen molar-refractivity contribution in [1.82, 2.24) is 47.1 Å². The molecule has 6 rings (SSSR count). The highest BCUT2D eigenvalue weighted by Crippen LogP contribution is 2.23. The molecule has 84 heavy (non-hydrogen) atoms. The number of halogens is 1. The molecule has 1 aromatic heterocycles. The van der Waals surface area contributed by atoms with Crippen molar-refractivity contribution in [3.8, 4) is 11.5 Å². The molecular formula is C60H77ClN12O11. The number of phenolic OH excluding ortho intramolecular Hbond substituents is 2. The number of likely N-dealkylation sites (N-methyl/N-ethyl adjacent to an activating group) is 1. The van der Waals surface area contributed by atoms with Crippen LogP contribution >= 0.6 is 11.6 Å². The fourth-order valence-corrected chi connectivity index (χ4v) is 10.00. The number of nitrogens with one attached hydrogen (secondary N) is 8. The summed E-state index contributed by atoms with van der Waals surface area (Å²) in [5.41, 5.74) is 14.3. The first-order valence-electron chi connectivity index (χ1n) is 28.1. The van der Waals surface area contributed by atoms with Crippen LogP contribution in [0, 0.1) is 5.92 Å². The van der Waals surface area contributed by atoms with Crippen LogP contribution in [0.4, 0.5) is 0 Å². The number of likely N-dealkylation sites (tertiary alicyclic amines) is 1. The van der Waals surface area contributed by atoms with Crippen LogP contribution in [-0.2, 0) is 64.0 Å². The van der Waals surface area contributed by atoms with E-state index in [4.69, 9.17) is 23.1 Å². The number of aromatic hydroxyl groups is 2. The minimum Gasteiger partial charge on any atom is -0.508 e. The summed E-state index contributed by atoms with van der Waals surface area (Å²) in [6, 6.07) is 16.8. The van der Waals surface area contributed by atoms with Crippen LogP contribution in [0.25, 0.3) is 10.9 Å². The predicted octanol–water partition coefficient (Wildman–Crippen LogP) is 2.02. The molecule has 15 N–H and O–H groups in total. The lowest BCUT2D eigenvalue weighted by atomic mass is 9.99. The zero-order chi connectivity index (χ0) is 60.9. The lowest BCUT2D eigenvalue weighted by Gasteiger charge is -2.30. The number of nitrogens with two attached hydrogens (primary N) is 2. The number of aliphatic hydroxyl groups is 1. The standard InChI is InChI=1S/C60H77ClN12O11/c1-4-64-58(83)51-12-8-28-73(51)59(84)45(11-7-27-65-60(62)63)68-53(78)46(29-35(2)3)69-56(81)49(32-39-33-66-44-10-6-5-9-43(39)44)71-55(80)48(31-38-17-24-42(76)25-18-38)70-57(82)50(34-74)72-54(79)47(30-37-15-22-41(75)23-16-37)67-52(77)26-19-36-13-20-40(61)21-14-36/h5-6,9-10,13-18,20-25,33,35,45-51,66,74-76H,4,7-8,11-12,19,26-32,34H2,1-3H3,(H,64,83)(H,67,77)(H,68,78)(H,69,81)(H,70,82)(H,71,80)(H,72,79)(H4,62,63,65)/t45-,46-,47-,48-,49+,50-,51-/m0/s1. The number of aryl methyl sites for hydroxylation is 1. The van der Waals surface area contributed by atoms with Crippen molar-refractivity contribution in [1.29, 1.82) is 0 Å². The molecule has 0 unspecified atom stereocenters. The highest BCUT2D eigenvalue weighted by Gasteiger charge is 2.39. The van der Waals surface area contributed by atoms with Crippen molar-refractivity contribution in [2.24, 2.45) is 22.4 Å². The van der Waals surface area contributed by atoms with Crippen LogP contribution in [0.1, 0.15) is 81.5 Å². The molecule has 23 nitrogen and oxygen atoms in total. The van der Waals surface area contributed by atoms with Crippen LogP contribution in [0.2, 0.25) is 5.02 Å². The van der Waals surface area contributed by atoms with Gasteiger partial charge >= 0.3 is 0 Å². The van der Waals surface area contributed by atoms with Gasteiger partial charge in [0, 0.05) is 67.4 Å². The number of hydrogen-bond acceptors (Lipinski definition) is 12. The number of aliphatic imine (C=N–C) groups is 1. The SMILES string of the molecule is CCNC(=O)[C@@H]1CCCN1C(=O)[C@H](CCCN=C(N)N)NC(=O)[C@H](CC(C)C)NC(=O)[C@@H](Cc1c[nH]c2ccccc12)NC(=O)[C@H](Cc1ccc(O)cc1)NC(=O)[C@H](CO)NC(=O)[C@H](Cc1ccc(O)cc1)NC(=O)CCc1ccc(Cl)cc1. The molecule has 2 heterocycles. The molecule has 7 atom stereocenters. The Labute approximate surface area is 492 Å². The summed E-state index contributed by atoms with van der Waals surface area (Å²) in [4.78, 5) is 122. The number of carbonyl (C=O) groups excluding carboxylic acids is 8. The van der Waals surface area contributed by atoms with Gasteiger partial charge in [-0.15, -0.1) is 0 Å². The van der Waals surface area contributed by atoms with E-state index in [9.17, 15) is 53.7 Å². The zero-order valence-corrected chi connectivity index (χ0v) is 48.1. The maximum absolute atomic E-state index is 14.9. The maximum atomic E-state index is 14.9. The van der Waals surface area contributed by atoms with Gasteiger partial charge in [-0.2, -0.15) is 0 Å². The minimum atomic E-state index is -1.69. The largest absolute Gasteiger partial charge is 0.508 e. The highest BCUT2D eigenvalue weighted by molar-refractivity contribution is 6.30. The van der Waals surface area contributed by atoms with Crippen LogP contribution in [0.5, 0.6) is 11.5 Å². The summed E-state index contributed by atoms with van der Waals surface area (Å²) >= 11 is 6.03. The van der Waals surface area contributed by atoms with Gasteiger partial charge in [0.05, 0.1) is 6.61 Å². The number of nitrogens with zero attached hydrogens (tertiary/aromatic N) is 2. The average Bonchev–Trinajstić information content (AvgIpc) is 4.25. The van der Waals surface area contributed by atoms with Crippen molar-refractivity contribution in [3.05, 3.63) is 131 Å². The van der Waals surface area contributed by atoms with E-state index in [0.29, 0.717) is 47.5 Å². The highest BCUT2D eigenvalue weighted by atomic mass is 35.5. The number of benzene rings is 4. The van der Waals surface area contributed by atoms with Gasteiger partial charge in [0.15, 0.2) is 5.96 Å². The summed E-state index contributed by atoms with van der Waals surface area (Å²) in [5.74, 6) is -6.03. The molecule has 5 aromatic rings. The van der Waals surface area contributed by atoms with Gasteiger partial charge in [0.2, 0.25) is 47.3 Å². The van der Waals surface area contributed by atoms with E-state index in [2.05, 4.69) is 47.2 Å². The third-order valence-electron chi connectivity index (χ3n) is 14.2. The van der Waals surface area contributed by atoms with Crippen LogP contribution in [0.15, 0.2) is 108 Å². The molecule has 0 radical (unpaired) electrons. The van der Waals surface area contributed by atoms with E-state index < -0.39 is 90.3 Å². The molecule has 1 aliphatic rings. The number of carbonyl (C=O) groups is 8. The zero-order valence-electron chi connectivity index (χ0n) is 47.4. The number of aromatic nitrogens is 1. The minimum absolute atomic E-state index is 0.0190. The molecule has 1 fully saturated rings. The van der Waals surface area contributed by atoms with E-state index in [1.54, 1.807) is 55.6 Å². The van der Waals surface area contributed by atoms with Gasteiger partial charge in [-0.25, -0.2) is 0 Å². The quantitative estimate of drug-likeness (QED) is 0.0178. The first-order chi connectivity index (χ1) is 40.2. The Morgan fingerprint density at radius 3 is 1.79 bits per heavy atom. The molecular weight excluding hydrogens is 1100 g/mol. The number of aromatic amines is 1. The number of rotatable bonds is 30. The fourth-order valence-electron chi connectivity index (χ4n) is 9.87. The number of amides is 8. The Bertz CT molecular complexity index is 3080. The molecule has 0 bridgehead atoms. The third-order valence-corrected chi connectivity index (χ3v) is 14.5. The van der Waals surface area contributed by atoms with Gasteiger partial charge in [-0.3, -0.25) is 43.3 Å². The van der Waals surface area contributed by atoms with Crippen molar-refractivity contribution in [2.75, 3.05) is 26.2 Å². The van der Waals surface area contributed by atoms with Crippen LogP contribution < -0.4 is 48.7 Å². The molecule has 1 saturated heterocycles. The normalized spacial score (nSPS) is 15.1. The lowest BCUT2D eigenvalue weighted by molar-refractivity contribution is -0.142. The average molecular weight is 1180 g/mol. The Kier molecular flexibility index (Phi) is 24.3. The summed E-state index contributed by atoms with van der Waals surface area (Å²) in [7, 11) is 0. The lowest BCUT2D eigenvalue weighted by Crippen LogP contribution is -2.61. The Morgan fingerprint density at radius 1 is 0.679 bits per heavy atom. The molecule has 8 amide bonds. The van der Waals surface area contributed by atoms with Gasteiger partial charge < -0.3 is 73.9 Å². The Hall–Kier alpha value is -8.70. The van der Waals surface area contributed by atoms with Crippen molar-refractivity contribution < 1.29 is 53.7 Å². The van der Waals surface area contributed by atoms with Crippen molar-refractivity contribution in [2.45, 2.75) is 127 Å². The molecule has 450 valence electrons. The molecule has 0 spiro atoms. The molecule has 4 aromatic carbocycles. The molecule has 0 aliphatic carbocycles. The molecule has 24 heteroatoms. The number of para-hydroxylation sites is 1. The summed E-state index contributed by atoms with van der Waals surface area (Å²) in [6.45, 7) is 5.27. The van der Waals surface area contributed by atoms with Crippen LogP contribution in [0.3, 0.4) is 0 Å². The van der Waals surface area contributed by atoms with E-state index >= 15 is 0 Å².